The van der Waals surface area contributed by atoms with Gasteiger partial charge in [-0.25, -0.2) is 0 Å². The van der Waals surface area contributed by atoms with Crippen LogP contribution in [-0.2, 0) is 0 Å². The molecule has 0 spiro atoms. The van der Waals surface area contributed by atoms with Gasteiger partial charge in [-0.05, 0) is 42.7 Å². The van der Waals surface area contributed by atoms with Crippen LogP contribution in [0.25, 0.3) is 11.1 Å². The molecule has 16 heavy (non-hydrogen) atoms. The largest absolute Gasteiger partial charge is 0.398 e. The van der Waals surface area contributed by atoms with E-state index in [1.807, 2.05) is 18.2 Å². The molecule has 0 bridgehead atoms. The van der Waals surface area contributed by atoms with Crippen LogP contribution in [0.3, 0.4) is 0 Å². The Bertz CT molecular complexity index is 532. The summed E-state index contributed by atoms with van der Waals surface area (Å²) in [6.45, 7) is 4.18. The molecule has 1 nitrogen and oxygen atoms in total. The summed E-state index contributed by atoms with van der Waals surface area (Å²) in [5.74, 6) is 0. The highest BCUT2D eigenvalue weighted by atomic mass is 35.5. The molecule has 2 aromatic rings. The molecular weight excluding hydrogens is 218 g/mol. The van der Waals surface area contributed by atoms with Gasteiger partial charge in [0.15, 0.2) is 0 Å². The van der Waals surface area contributed by atoms with Crippen LogP contribution in [0.1, 0.15) is 11.1 Å². The molecule has 0 aliphatic carbocycles. The fourth-order valence-electron chi connectivity index (χ4n) is 1.74. The minimum Gasteiger partial charge on any atom is -0.398 e. The van der Waals surface area contributed by atoms with Crippen LogP contribution >= 0.6 is 11.6 Å². The Morgan fingerprint density at radius 3 is 2.44 bits per heavy atom. The summed E-state index contributed by atoms with van der Waals surface area (Å²) in [4.78, 5) is 0. The number of anilines is 1. The molecule has 0 aromatic heterocycles. The Labute approximate surface area is 101 Å². The molecule has 0 radical (unpaired) electrons. The summed E-state index contributed by atoms with van der Waals surface area (Å²) in [7, 11) is 0. The summed E-state index contributed by atoms with van der Waals surface area (Å²) in [6.07, 6.45) is 0. The molecule has 0 aliphatic rings. The number of aryl methyl sites for hydroxylation is 2. The van der Waals surface area contributed by atoms with Gasteiger partial charge in [0.25, 0.3) is 0 Å². The average molecular weight is 232 g/mol. The van der Waals surface area contributed by atoms with Crippen molar-refractivity contribution in [3.8, 4) is 11.1 Å². The van der Waals surface area contributed by atoms with Crippen LogP contribution in [0.5, 0.6) is 0 Å². The van der Waals surface area contributed by atoms with Gasteiger partial charge in [0, 0.05) is 0 Å². The fraction of sp³-hybridized carbons (Fsp3) is 0.143. The molecule has 0 atom stereocenters. The summed E-state index contributed by atoms with van der Waals surface area (Å²) in [6, 6.07) is 12.2. The Kier molecular flexibility index (Phi) is 2.88. The lowest BCUT2D eigenvalue weighted by Gasteiger charge is -2.08. The third-order valence-corrected chi connectivity index (χ3v) is 3.03. The number of hydrogen-bond acceptors (Lipinski definition) is 1. The molecule has 0 saturated carbocycles. The van der Waals surface area contributed by atoms with Gasteiger partial charge in [-0.3, -0.25) is 0 Å². The summed E-state index contributed by atoms with van der Waals surface area (Å²) in [5, 5.41) is 0.610. The number of benzene rings is 2. The maximum Gasteiger partial charge on any atom is 0.0641 e. The Morgan fingerprint density at radius 1 is 1.00 bits per heavy atom. The number of hydrogen-bond donors (Lipinski definition) is 1. The molecule has 0 saturated heterocycles. The summed E-state index contributed by atoms with van der Waals surface area (Å²) >= 11 is 6.03. The SMILES string of the molecule is Cc1ccc(C)c(-c2ccc(N)c(Cl)c2)c1. The van der Waals surface area contributed by atoms with Crippen LogP contribution in [-0.4, -0.2) is 0 Å². The first-order chi connectivity index (χ1) is 7.58. The van der Waals surface area contributed by atoms with Crippen LogP contribution < -0.4 is 5.73 Å². The molecular formula is C14H14ClN. The van der Waals surface area contributed by atoms with E-state index in [9.17, 15) is 0 Å². The molecule has 0 heterocycles. The van der Waals surface area contributed by atoms with E-state index in [2.05, 4.69) is 32.0 Å². The lowest BCUT2D eigenvalue weighted by Crippen LogP contribution is -1.88. The van der Waals surface area contributed by atoms with Gasteiger partial charge in [-0.15, -0.1) is 0 Å². The van der Waals surface area contributed by atoms with Gasteiger partial charge in [0.2, 0.25) is 0 Å². The monoisotopic (exact) mass is 231 g/mol. The lowest BCUT2D eigenvalue weighted by molar-refractivity contribution is 1.39. The number of rotatable bonds is 1. The van der Waals surface area contributed by atoms with E-state index in [0.29, 0.717) is 10.7 Å². The van der Waals surface area contributed by atoms with Gasteiger partial charge >= 0.3 is 0 Å². The van der Waals surface area contributed by atoms with Gasteiger partial charge in [-0.1, -0.05) is 41.4 Å². The van der Waals surface area contributed by atoms with Crippen molar-refractivity contribution in [2.45, 2.75) is 13.8 Å². The van der Waals surface area contributed by atoms with Crippen molar-refractivity contribution in [3.05, 3.63) is 52.5 Å². The predicted octanol–water partition coefficient (Wildman–Crippen LogP) is 4.21. The number of nitrogen functional groups attached to an aromatic ring is 1. The van der Waals surface area contributed by atoms with E-state index < -0.39 is 0 Å². The van der Waals surface area contributed by atoms with Crippen LogP contribution in [0, 0.1) is 13.8 Å². The van der Waals surface area contributed by atoms with Crippen molar-refractivity contribution in [1.29, 1.82) is 0 Å². The minimum atomic E-state index is 0.610. The molecule has 2 heteroatoms. The van der Waals surface area contributed by atoms with E-state index in [1.54, 1.807) is 0 Å². The van der Waals surface area contributed by atoms with Crippen molar-refractivity contribution < 1.29 is 0 Å². The predicted molar refractivity (Wildman–Crippen MR) is 70.8 cm³/mol. The van der Waals surface area contributed by atoms with Crippen molar-refractivity contribution in [2.24, 2.45) is 0 Å². The quantitative estimate of drug-likeness (QED) is 0.732. The van der Waals surface area contributed by atoms with Crippen LogP contribution in [0.4, 0.5) is 5.69 Å². The summed E-state index contributed by atoms with van der Waals surface area (Å²) in [5.41, 5.74) is 11.1. The first-order valence-electron chi connectivity index (χ1n) is 5.20. The zero-order chi connectivity index (χ0) is 11.7. The Morgan fingerprint density at radius 2 is 1.75 bits per heavy atom. The standard InChI is InChI=1S/C14H14ClN/c1-9-3-4-10(2)12(7-9)11-5-6-14(16)13(15)8-11/h3-8H,16H2,1-2H3. The highest BCUT2D eigenvalue weighted by Gasteiger charge is 2.04. The molecule has 0 fully saturated rings. The van der Waals surface area contributed by atoms with E-state index in [4.69, 9.17) is 17.3 Å². The van der Waals surface area contributed by atoms with Crippen LogP contribution in [0.15, 0.2) is 36.4 Å². The second-order valence-electron chi connectivity index (χ2n) is 4.05. The second-order valence-corrected chi connectivity index (χ2v) is 4.46. The van der Waals surface area contributed by atoms with E-state index in [1.165, 1.54) is 16.7 Å². The molecule has 0 amide bonds. The molecule has 0 aliphatic heterocycles. The first kappa shape index (κ1) is 11.0. The smallest absolute Gasteiger partial charge is 0.0641 e. The van der Waals surface area contributed by atoms with Crippen molar-refractivity contribution in [2.75, 3.05) is 5.73 Å². The first-order valence-corrected chi connectivity index (χ1v) is 5.58. The zero-order valence-electron chi connectivity index (χ0n) is 9.42. The molecule has 2 aromatic carbocycles. The van der Waals surface area contributed by atoms with Gasteiger partial charge in [0.05, 0.1) is 10.7 Å². The normalized spacial score (nSPS) is 10.4. The highest BCUT2D eigenvalue weighted by Crippen LogP contribution is 2.29. The lowest BCUT2D eigenvalue weighted by atomic mass is 9.98. The second kappa shape index (κ2) is 4.18. The number of halogens is 1. The van der Waals surface area contributed by atoms with Gasteiger partial charge in [-0.2, -0.15) is 0 Å². The molecule has 0 unspecified atom stereocenters. The minimum absolute atomic E-state index is 0.610. The van der Waals surface area contributed by atoms with Crippen molar-refractivity contribution >= 4 is 17.3 Å². The molecule has 2 rings (SSSR count). The average Bonchev–Trinajstić information content (AvgIpc) is 2.26. The van der Waals surface area contributed by atoms with E-state index in [0.717, 1.165) is 5.56 Å². The van der Waals surface area contributed by atoms with Crippen molar-refractivity contribution in [1.82, 2.24) is 0 Å². The Balaban J connectivity index is 2.58. The third kappa shape index (κ3) is 2.05. The van der Waals surface area contributed by atoms with E-state index in [-0.39, 0.29) is 0 Å². The fourth-order valence-corrected chi connectivity index (χ4v) is 1.92. The third-order valence-electron chi connectivity index (χ3n) is 2.70. The zero-order valence-corrected chi connectivity index (χ0v) is 10.2. The molecule has 2 N–H and O–H groups in total. The van der Waals surface area contributed by atoms with Crippen molar-refractivity contribution in [3.63, 3.8) is 0 Å². The maximum absolute atomic E-state index is 6.03. The van der Waals surface area contributed by atoms with Gasteiger partial charge in [0.1, 0.15) is 0 Å². The molecule has 82 valence electrons. The van der Waals surface area contributed by atoms with E-state index >= 15 is 0 Å². The topological polar surface area (TPSA) is 26.0 Å². The Hall–Kier alpha value is -1.47. The number of nitrogens with two attached hydrogens (primary N) is 1. The van der Waals surface area contributed by atoms with Gasteiger partial charge < -0.3 is 5.73 Å². The summed E-state index contributed by atoms with van der Waals surface area (Å²) < 4.78 is 0. The van der Waals surface area contributed by atoms with Crippen LogP contribution in [0.2, 0.25) is 5.02 Å². The maximum atomic E-state index is 6.03. The highest BCUT2D eigenvalue weighted by molar-refractivity contribution is 6.33.